The molecule has 1 aromatic carbocycles. The van der Waals surface area contributed by atoms with Gasteiger partial charge in [-0.15, -0.1) is 0 Å². The van der Waals surface area contributed by atoms with Gasteiger partial charge in [0, 0.05) is 12.0 Å². The summed E-state index contributed by atoms with van der Waals surface area (Å²) in [6.45, 7) is 0.216. The first-order valence-corrected chi connectivity index (χ1v) is 8.94. The van der Waals surface area contributed by atoms with Crippen molar-refractivity contribution in [3.8, 4) is 0 Å². The molecule has 0 saturated carbocycles. The van der Waals surface area contributed by atoms with Crippen LogP contribution in [0.15, 0.2) is 29.1 Å². The lowest BCUT2D eigenvalue weighted by Crippen LogP contribution is -2.33. The third-order valence-corrected chi connectivity index (χ3v) is 4.92. The number of aromatic amines is 1. The number of carbonyl (C=O) groups excluding carboxylic acids is 1. The fraction of sp³-hybridized carbons (Fsp3) is 0.389. The number of H-pyrrole nitrogens is 1. The van der Waals surface area contributed by atoms with Crippen LogP contribution in [0.1, 0.15) is 34.8 Å². The minimum atomic E-state index is -4.51. The van der Waals surface area contributed by atoms with Gasteiger partial charge in [-0.1, -0.05) is 6.07 Å². The predicted octanol–water partition coefficient (Wildman–Crippen LogP) is 1.93. The second-order valence-electron chi connectivity index (χ2n) is 6.84. The number of halogens is 3. The second kappa shape index (κ2) is 6.93. The number of amides is 1. The van der Waals surface area contributed by atoms with Gasteiger partial charge in [-0.3, -0.25) is 9.59 Å². The summed E-state index contributed by atoms with van der Waals surface area (Å²) < 4.78 is 39.0. The van der Waals surface area contributed by atoms with Gasteiger partial charge in [0.05, 0.1) is 22.2 Å². The molecule has 3 heterocycles. The van der Waals surface area contributed by atoms with Crippen molar-refractivity contribution in [2.24, 2.45) is 0 Å². The number of benzene rings is 1. The molecule has 1 amide bonds. The number of carbonyl (C=O) groups is 1. The van der Waals surface area contributed by atoms with Gasteiger partial charge in [0.2, 0.25) is 0 Å². The molecule has 148 valence electrons. The van der Waals surface area contributed by atoms with Gasteiger partial charge in [0.15, 0.2) is 0 Å². The summed E-state index contributed by atoms with van der Waals surface area (Å²) in [4.78, 5) is 27.3. The zero-order valence-corrected chi connectivity index (χ0v) is 14.8. The standard InChI is InChI=1S/C18H18F3N5O2/c19-18(20,21)9-23-17(28)11-2-1-3-12-15(11)16-24-14(27)8-13(26(16)25-12)10-4-6-22-7-5-10/h1-3,8,10,22H,4-7,9H2,(H,23,28)(H,24,27). The molecule has 3 N–H and O–H groups in total. The average molecular weight is 393 g/mol. The normalized spacial score (nSPS) is 16.0. The molecule has 0 spiro atoms. The number of piperidine rings is 1. The lowest BCUT2D eigenvalue weighted by Gasteiger charge is -2.23. The third kappa shape index (κ3) is 3.47. The minimum absolute atomic E-state index is 0.0369. The van der Waals surface area contributed by atoms with Crippen LogP contribution in [0.2, 0.25) is 0 Å². The molecule has 0 bridgehead atoms. The summed E-state index contributed by atoms with van der Waals surface area (Å²) in [6.07, 6.45) is -2.83. The van der Waals surface area contributed by atoms with Crippen LogP contribution in [-0.2, 0) is 0 Å². The van der Waals surface area contributed by atoms with Gasteiger partial charge in [-0.25, -0.2) is 4.52 Å². The van der Waals surface area contributed by atoms with Crippen molar-refractivity contribution in [3.63, 3.8) is 0 Å². The fourth-order valence-electron chi connectivity index (χ4n) is 3.66. The summed E-state index contributed by atoms with van der Waals surface area (Å²) in [7, 11) is 0. The number of alkyl halides is 3. The van der Waals surface area contributed by atoms with Crippen molar-refractivity contribution in [1.29, 1.82) is 0 Å². The molecule has 1 aliphatic rings. The number of nitrogens with zero attached hydrogens (tertiary/aromatic N) is 2. The SMILES string of the molecule is O=C(NCC(F)(F)F)c1cccc2nn3c(C4CCNCC4)cc(=O)[nH]c3c12. The van der Waals surface area contributed by atoms with Crippen LogP contribution >= 0.6 is 0 Å². The Labute approximate surface area is 156 Å². The lowest BCUT2D eigenvalue weighted by molar-refractivity contribution is -0.123. The maximum atomic E-state index is 12.5. The topological polar surface area (TPSA) is 91.3 Å². The smallest absolute Gasteiger partial charge is 0.343 e. The lowest BCUT2D eigenvalue weighted by atomic mass is 9.94. The maximum Gasteiger partial charge on any atom is 0.405 e. The number of aromatic nitrogens is 3. The molecule has 0 unspecified atom stereocenters. The minimum Gasteiger partial charge on any atom is -0.343 e. The van der Waals surface area contributed by atoms with Crippen molar-refractivity contribution in [3.05, 3.63) is 45.9 Å². The van der Waals surface area contributed by atoms with Crippen molar-refractivity contribution in [2.45, 2.75) is 24.9 Å². The Morgan fingerprint density at radius 2 is 2.04 bits per heavy atom. The van der Waals surface area contributed by atoms with Crippen LogP contribution in [0.3, 0.4) is 0 Å². The van der Waals surface area contributed by atoms with E-state index < -0.39 is 18.6 Å². The van der Waals surface area contributed by atoms with E-state index in [0.717, 1.165) is 31.6 Å². The average Bonchev–Trinajstić information content (AvgIpc) is 3.04. The third-order valence-electron chi connectivity index (χ3n) is 4.92. The van der Waals surface area contributed by atoms with E-state index in [1.807, 2.05) is 5.32 Å². The molecular formula is C18H18F3N5O2. The fourth-order valence-corrected chi connectivity index (χ4v) is 3.66. The van der Waals surface area contributed by atoms with E-state index in [1.165, 1.54) is 12.1 Å². The zero-order chi connectivity index (χ0) is 19.9. The highest BCUT2D eigenvalue weighted by atomic mass is 19.4. The first-order chi connectivity index (χ1) is 13.3. The Bertz CT molecular complexity index is 1100. The second-order valence-corrected chi connectivity index (χ2v) is 6.84. The summed E-state index contributed by atoms with van der Waals surface area (Å²) in [5.74, 6) is -0.742. The van der Waals surface area contributed by atoms with Crippen molar-refractivity contribution < 1.29 is 18.0 Å². The summed E-state index contributed by atoms with van der Waals surface area (Å²) in [5.41, 5.74) is 1.17. The van der Waals surface area contributed by atoms with Gasteiger partial charge in [-0.05, 0) is 38.1 Å². The Morgan fingerprint density at radius 1 is 1.29 bits per heavy atom. The number of nitrogens with one attached hydrogen (secondary N) is 3. The molecule has 7 nitrogen and oxygen atoms in total. The van der Waals surface area contributed by atoms with Gasteiger partial charge < -0.3 is 15.6 Å². The largest absolute Gasteiger partial charge is 0.405 e. The molecule has 28 heavy (non-hydrogen) atoms. The highest BCUT2D eigenvalue weighted by Crippen LogP contribution is 2.28. The molecule has 0 radical (unpaired) electrons. The van der Waals surface area contributed by atoms with Crippen LogP contribution in [0, 0.1) is 0 Å². The van der Waals surface area contributed by atoms with E-state index in [4.69, 9.17) is 0 Å². The molecule has 1 aliphatic heterocycles. The molecule has 4 rings (SSSR count). The van der Waals surface area contributed by atoms with E-state index in [2.05, 4.69) is 15.4 Å². The van der Waals surface area contributed by atoms with Crippen molar-refractivity contribution in [2.75, 3.05) is 19.6 Å². The quantitative estimate of drug-likeness (QED) is 0.634. The van der Waals surface area contributed by atoms with Crippen LogP contribution in [0.4, 0.5) is 13.2 Å². The Balaban J connectivity index is 1.85. The van der Waals surface area contributed by atoms with Crippen molar-refractivity contribution >= 4 is 22.5 Å². The van der Waals surface area contributed by atoms with E-state index in [9.17, 15) is 22.8 Å². The van der Waals surface area contributed by atoms with Gasteiger partial charge in [-0.2, -0.15) is 18.3 Å². The first-order valence-electron chi connectivity index (χ1n) is 8.94. The van der Waals surface area contributed by atoms with Crippen LogP contribution in [-0.4, -0.2) is 46.3 Å². The van der Waals surface area contributed by atoms with E-state index in [1.54, 1.807) is 16.6 Å². The van der Waals surface area contributed by atoms with Crippen molar-refractivity contribution in [1.82, 2.24) is 25.2 Å². The molecule has 0 aliphatic carbocycles. The molecule has 1 fully saturated rings. The monoisotopic (exact) mass is 393 g/mol. The highest BCUT2D eigenvalue weighted by molar-refractivity contribution is 6.11. The van der Waals surface area contributed by atoms with Crippen LogP contribution in [0.25, 0.3) is 16.6 Å². The summed E-state index contributed by atoms with van der Waals surface area (Å²) in [6, 6.07) is 6.14. The van der Waals surface area contributed by atoms with Gasteiger partial charge >= 0.3 is 6.18 Å². The summed E-state index contributed by atoms with van der Waals surface area (Å²) >= 11 is 0. The molecule has 10 heteroatoms. The number of hydrogen-bond acceptors (Lipinski definition) is 4. The van der Waals surface area contributed by atoms with Gasteiger partial charge in [0.1, 0.15) is 12.2 Å². The Morgan fingerprint density at radius 3 is 2.75 bits per heavy atom. The Hall–Kier alpha value is -2.88. The number of rotatable bonds is 3. The molecule has 3 aromatic rings. The first kappa shape index (κ1) is 18.5. The predicted molar refractivity (Wildman–Crippen MR) is 96.6 cm³/mol. The van der Waals surface area contributed by atoms with Gasteiger partial charge in [0.25, 0.3) is 11.5 Å². The van der Waals surface area contributed by atoms with E-state index in [0.29, 0.717) is 16.6 Å². The van der Waals surface area contributed by atoms with E-state index >= 15 is 0 Å². The van der Waals surface area contributed by atoms with Crippen LogP contribution in [0.5, 0.6) is 0 Å². The number of fused-ring (bicyclic) bond motifs is 3. The maximum absolute atomic E-state index is 12.5. The molecule has 0 atom stereocenters. The molecule has 2 aromatic heterocycles. The molecule has 1 saturated heterocycles. The van der Waals surface area contributed by atoms with E-state index in [-0.39, 0.29) is 17.0 Å². The zero-order valence-electron chi connectivity index (χ0n) is 14.8. The molecular weight excluding hydrogens is 375 g/mol. The highest BCUT2D eigenvalue weighted by Gasteiger charge is 2.29. The van der Waals surface area contributed by atoms with Crippen LogP contribution < -0.4 is 16.2 Å². The number of hydrogen-bond donors (Lipinski definition) is 3. The Kier molecular flexibility index (Phi) is 4.58. The summed E-state index contributed by atoms with van der Waals surface area (Å²) in [5, 5.41) is 9.98.